The van der Waals surface area contributed by atoms with Gasteiger partial charge in [-0.1, -0.05) is 47.6 Å². The first-order chi connectivity index (χ1) is 8.58. The minimum atomic E-state index is 0.425. The normalized spacial score (nSPS) is 11.2. The molecule has 3 nitrogen and oxygen atoms in total. The van der Waals surface area contributed by atoms with Gasteiger partial charge in [-0.15, -0.1) is 5.10 Å². The molecule has 6 heteroatoms. The maximum Gasteiger partial charge on any atom is 0.110 e. The van der Waals surface area contributed by atoms with Crippen molar-refractivity contribution < 1.29 is 0 Å². The summed E-state index contributed by atoms with van der Waals surface area (Å²) in [5.41, 5.74) is 1.81. The Labute approximate surface area is 120 Å². The highest BCUT2D eigenvalue weighted by Crippen LogP contribution is 2.30. The largest absolute Gasteiger partial charge is 0.310 e. The van der Waals surface area contributed by atoms with Crippen molar-refractivity contribution in [3.05, 3.63) is 33.1 Å². The number of hydrogen-bond donors (Lipinski definition) is 1. The summed E-state index contributed by atoms with van der Waals surface area (Å²) in [5.74, 6) is 0. The molecule has 1 aromatic heterocycles. The highest BCUT2D eigenvalue weighted by atomic mass is 35.5. The molecule has 0 fully saturated rings. The van der Waals surface area contributed by atoms with Crippen LogP contribution in [-0.2, 0) is 6.54 Å². The number of aromatic nitrogens is 2. The van der Waals surface area contributed by atoms with Crippen LogP contribution in [0.1, 0.15) is 18.7 Å². The second kappa shape index (κ2) is 5.97. The first-order valence-electron chi connectivity index (χ1n) is 5.58. The van der Waals surface area contributed by atoms with Crippen LogP contribution in [0.4, 0.5) is 0 Å². The number of nitrogens with one attached hydrogen (secondary N) is 1. The lowest BCUT2D eigenvalue weighted by Crippen LogP contribution is -2.21. The van der Waals surface area contributed by atoms with Crippen molar-refractivity contribution >= 4 is 34.7 Å². The predicted molar refractivity (Wildman–Crippen MR) is 77.3 cm³/mol. The molecule has 1 aromatic carbocycles. The number of benzene rings is 1. The van der Waals surface area contributed by atoms with E-state index < -0.39 is 0 Å². The fraction of sp³-hybridized carbons (Fsp3) is 0.333. The average molecular weight is 302 g/mol. The second-order valence-corrected chi connectivity index (χ2v) is 5.86. The standard InChI is InChI=1S/C12H13Cl2N3S/c1-7(2)15-6-11-12(16-17-18-11)8-3-4-9(13)10(14)5-8/h3-5,7,15H,6H2,1-2H3. The van der Waals surface area contributed by atoms with Crippen LogP contribution >= 0.6 is 34.7 Å². The van der Waals surface area contributed by atoms with Crippen LogP contribution in [0.2, 0.25) is 10.0 Å². The van der Waals surface area contributed by atoms with Crippen LogP contribution in [0.25, 0.3) is 11.3 Å². The Morgan fingerprint density at radius 3 is 2.72 bits per heavy atom. The molecule has 0 saturated heterocycles. The van der Waals surface area contributed by atoms with E-state index in [2.05, 4.69) is 28.8 Å². The molecule has 0 unspecified atom stereocenters. The lowest BCUT2D eigenvalue weighted by molar-refractivity contribution is 0.593. The van der Waals surface area contributed by atoms with Gasteiger partial charge < -0.3 is 5.32 Å². The number of halogens is 2. The molecule has 1 N–H and O–H groups in total. The molecule has 0 amide bonds. The zero-order valence-corrected chi connectivity index (χ0v) is 12.4. The average Bonchev–Trinajstić information content (AvgIpc) is 2.78. The number of rotatable bonds is 4. The van der Waals surface area contributed by atoms with Gasteiger partial charge in [0.2, 0.25) is 0 Å². The van der Waals surface area contributed by atoms with E-state index in [9.17, 15) is 0 Å². The van der Waals surface area contributed by atoms with Gasteiger partial charge in [0.05, 0.1) is 14.9 Å². The molecule has 0 saturated carbocycles. The topological polar surface area (TPSA) is 37.8 Å². The van der Waals surface area contributed by atoms with E-state index in [-0.39, 0.29) is 0 Å². The summed E-state index contributed by atoms with van der Waals surface area (Å²) in [6.07, 6.45) is 0. The van der Waals surface area contributed by atoms with Gasteiger partial charge in [-0.3, -0.25) is 0 Å². The van der Waals surface area contributed by atoms with E-state index in [1.165, 1.54) is 11.5 Å². The molecular formula is C12H13Cl2N3S. The van der Waals surface area contributed by atoms with Crippen LogP contribution < -0.4 is 5.32 Å². The Hall–Kier alpha value is -0.680. The molecule has 0 aliphatic carbocycles. The SMILES string of the molecule is CC(C)NCc1snnc1-c1ccc(Cl)c(Cl)c1. The second-order valence-electron chi connectivity index (χ2n) is 4.21. The third kappa shape index (κ3) is 3.20. The van der Waals surface area contributed by atoms with Crippen LogP contribution in [-0.4, -0.2) is 15.6 Å². The molecule has 96 valence electrons. The monoisotopic (exact) mass is 301 g/mol. The zero-order chi connectivity index (χ0) is 13.1. The van der Waals surface area contributed by atoms with Gasteiger partial charge in [-0.25, -0.2) is 0 Å². The smallest absolute Gasteiger partial charge is 0.110 e. The van der Waals surface area contributed by atoms with Crippen molar-refractivity contribution in [2.24, 2.45) is 0 Å². The minimum Gasteiger partial charge on any atom is -0.310 e. The summed E-state index contributed by atoms with van der Waals surface area (Å²) in [6, 6.07) is 5.93. The van der Waals surface area contributed by atoms with Crippen LogP contribution in [0.15, 0.2) is 18.2 Å². The molecule has 0 bridgehead atoms. The van der Waals surface area contributed by atoms with Gasteiger partial charge >= 0.3 is 0 Å². The third-order valence-electron chi connectivity index (χ3n) is 2.42. The summed E-state index contributed by atoms with van der Waals surface area (Å²) in [4.78, 5) is 1.10. The summed E-state index contributed by atoms with van der Waals surface area (Å²) in [5, 5.41) is 8.60. The van der Waals surface area contributed by atoms with E-state index in [0.29, 0.717) is 16.1 Å². The summed E-state index contributed by atoms with van der Waals surface area (Å²) in [7, 11) is 0. The van der Waals surface area contributed by atoms with Crippen LogP contribution in [0.5, 0.6) is 0 Å². The first kappa shape index (κ1) is 13.7. The van der Waals surface area contributed by atoms with Crippen molar-refractivity contribution in [2.75, 3.05) is 0 Å². The number of hydrogen-bond acceptors (Lipinski definition) is 4. The van der Waals surface area contributed by atoms with Gasteiger partial charge in [0, 0.05) is 18.2 Å². The van der Waals surface area contributed by atoms with Gasteiger partial charge in [0.25, 0.3) is 0 Å². The van der Waals surface area contributed by atoms with E-state index in [1.54, 1.807) is 6.07 Å². The predicted octanol–water partition coefficient (Wildman–Crippen LogP) is 4.01. The van der Waals surface area contributed by atoms with Gasteiger partial charge in [0.1, 0.15) is 5.69 Å². The molecule has 0 spiro atoms. The van der Waals surface area contributed by atoms with Crippen LogP contribution in [0.3, 0.4) is 0 Å². The Morgan fingerprint density at radius 1 is 1.28 bits per heavy atom. The maximum atomic E-state index is 6.02. The highest BCUT2D eigenvalue weighted by Gasteiger charge is 2.12. The van der Waals surface area contributed by atoms with Gasteiger partial charge in [-0.05, 0) is 23.7 Å². The fourth-order valence-corrected chi connectivity index (χ4v) is 2.40. The minimum absolute atomic E-state index is 0.425. The van der Waals surface area contributed by atoms with E-state index in [4.69, 9.17) is 23.2 Å². The van der Waals surface area contributed by atoms with Crippen molar-refractivity contribution in [1.29, 1.82) is 0 Å². The summed E-state index contributed by atoms with van der Waals surface area (Å²) < 4.78 is 4.00. The molecule has 2 aromatic rings. The van der Waals surface area contributed by atoms with E-state index in [0.717, 1.165) is 22.7 Å². The lowest BCUT2D eigenvalue weighted by atomic mass is 10.1. The first-order valence-corrected chi connectivity index (χ1v) is 7.11. The van der Waals surface area contributed by atoms with E-state index in [1.807, 2.05) is 12.1 Å². The van der Waals surface area contributed by atoms with Gasteiger partial charge in [-0.2, -0.15) is 0 Å². The Kier molecular flexibility index (Phi) is 4.56. The van der Waals surface area contributed by atoms with Crippen molar-refractivity contribution in [2.45, 2.75) is 26.4 Å². The maximum absolute atomic E-state index is 6.02. The summed E-state index contributed by atoms with van der Waals surface area (Å²) in [6.45, 7) is 4.96. The molecule has 0 atom stereocenters. The van der Waals surface area contributed by atoms with Gasteiger partial charge in [0.15, 0.2) is 0 Å². The molecule has 0 radical (unpaired) electrons. The summed E-state index contributed by atoms with van der Waals surface area (Å²) >= 11 is 13.3. The molecular weight excluding hydrogens is 289 g/mol. The Morgan fingerprint density at radius 2 is 2.06 bits per heavy atom. The fourth-order valence-electron chi connectivity index (χ4n) is 1.48. The lowest BCUT2D eigenvalue weighted by Gasteiger charge is -2.07. The van der Waals surface area contributed by atoms with Crippen molar-refractivity contribution in [1.82, 2.24) is 14.9 Å². The van der Waals surface area contributed by atoms with Crippen molar-refractivity contribution in [3.63, 3.8) is 0 Å². The molecule has 0 aliphatic rings. The zero-order valence-electron chi connectivity index (χ0n) is 10.1. The Bertz CT molecular complexity index is 540. The molecule has 1 heterocycles. The quantitative estimate of drug-likeness (QED) is 0.927. The third-order valence-corrected chi connectivity index (χ3v) is 3.88. The van der Waals surface area contributed by atoms with Crippen molar-refractivity contribution in [3.8, 4) is 11.3 Å². The van der Waals surface area contributed by atoms with E-state index >= 15 is 0 Å². The molecule has 2 rings (SSSR count). The van der Waals surface area contributed by atoms with Crippen LogP contribution in [0, 0.1) is 0 Å². The number of nitrogens with zero attached hydrogens (tertiary/aromatic N) is 2. The molecule has 18 heavy (non-hydrogen) atoms. The highest BCUT2D eigenvalue weighted by molar-refractivity contribution is 7.05. The Balaban J connectivity index is 2.27. The molecule has 0 aliphatic heterocycles.